The van der Waals surface area contributed by atoms with Crippen LogP contribution in [-0.2, 0) is 16.0 Å². The molecule has 3 N–H and O–H groups in total. The van der Waals surface area contributed by atoms with Crippen molar-refractivity contribution in [3.05, 3.63) is 58.9 Å². The number of carbonyl (C=O) groups is 1. The third-order valence-corrected chi connectivity index (χ3v) is 4.01. The lowest BCUT2D eigenvalue weighted by molar-refractivity contribution is -0.153. The molecular formula is C19H21ClFNO3. The highest BCUT2D eigenvalue weighted by atomic mass is 35.5. The van der Waals surface area contributed by atoms with Crippen molar-refractivity contribution >= 4 is 17.6 Å². The van der Waals surface area contributed by atoms with Crippen molar-refractivity contribution in [3.8, 4) is 11.1 Å². The summed E-state index contributed by atoms with van der Waals surface area (Å²) in [6.45, 7) is 1.89. The van der Waals surface area contributed by atoms with E-state index in [0.29, 0.717) is 22.6 Å². The molecule has 6 heteroatoms. The fourth-order valence-corrected chi connectivity index (χ4v) is 2.72. The van der Waals surface area contributed by atoms with Crippen LogP contribution in [-0.4, -0.2) is 29.8 Å². The molecule has 0 fully saturated rings. The minimum absolute atomic E-state index is 0.115. The zero-order valence-corrected chi connectivity index (χ0v) is 14.7. The Morgan fingerprint density at radius 1 is 1.28 bits per heavy atom. The van der Waals surface area contributed by atoms with Crippen LogP contribution in [0.1, 0.15) is 18.9 Å². The molecule has 0 aromatic heterocycles. The zero-order valence-electron chi connectivity index (χ0n) is 13.9. The molecule has 2 atom stereocenters. The summed E-state index contributed by atoms with van der Waals surface area (Å²) < 4.78 is 18.6. The standard InChI is InChI=1S/C19H21ClFNO3/c1-2-25-19(24)18(23)11-15(22)9-12-3-5-13(6-4-12)16-10-14(20)7-8-17(16)21/h3-8,10,15,18,23H,2,9,11,22H2,1H3/t15-,18?/m1/s1. The molecule has 2 aromatic rings. The third-order valence-electron chi connectivity index (χ3n) is 3.78. The lowest BCUT2D eigenvalue weighted by Gasteiger charge is -2.16. The Balaban J connectivity index is 2.00. The van der Waals surface area contributed by atoms with Gasteiger partial charge < -0.3 is 15.6 Å². The van der Waals surface area contributed by atoms with Crippen molar-refractivity contribution in [2.24, 2.45) is 5.73 Å². The number of hydrogen-bond donors (Lipinski definition) is 2. The maximum atomic E-state index is 13.9. The number of halogens is 2. The fraction of sp³-hybridized carbons (Fsp3) is 0.316. The van der Waals surface area contributed by atoms with Crippen LogP contribution < -0.4 is 5.73 Å². The summed E-state index contributed by atoms with van der Waals surface area (Å²) in [5, 5.41) is 10.2. The monoisotopic (exact) mass is 365 g/mol. The minimum atomic E-state index is -1.23. The van der Waals surface area contributed by atoms with Crippen LogP contribution in [0.15, 0.2) is 42.5 Å². The Morgan fingerprint density at radius 2 is 1.96 bits per heavy atom. The van der Waals surface area contributed by atoms with Crippen LogP contribution >= 0.6 is 11.6 Å². The van der Waals surface area contributed by atoms with Crippen molar-refractivity contribution in [2.75, 3.05) is 6.61 Å². The minimum Gasteiger partial charge on any atom is -0.464 e. The molecule has 25 heavy (non-hydrogen) atoms. The van der Waals surface area contributed by atoms with Gasteiger partial charge in [-0.2, -0.15) is 0 Å². The average molecular weight is 366 g/mol. The first-order valence-corrected chi connectivity index (χ1v) is 8.43. The van der Waals surface area contributed by atoms with Crippen LogP contribution in [0, 0.1) is 5.82 Å². The first-order valence-electron chi connectivity index (χ1n) is 8.05. The Kier molecular flexibility index (Phi) is 6.93. The summed E-state index contributed by atoms with van der Waals surface area (Å²) in [4.78, 5) is 11.4. The fourth-order valence-electron chi connectivity index (χ4n) is 2.55. The molecule has 1 unspecified atom stereocenters. The summed E-state index contributed by atoms with van der Waals surface area (Å²) in [5.74, 6) is -1.00. The number of aliphatic hydroxyl groups is 1. The Morgan fingerprint density at radius 3 is 2.60 bits per heavy atom. The highest BCUT2D eigenvalue weighted by Crippen LogP contribution is 2.26. The average Bonchev–Trinajstić information content (AvgIpc) is 2.58. The van der Waals surface area contributed by atoms with E-state index in [1.807, 2.05) is 12.1 Å². The van der Waals surface area contributed by atoms with Crippen molar-refractivity contribution in [2.45, 2.75) is 31.9 Å². The molecule has 0 aliphatic heterocycles. The first-order chi connectivity index (χ1) is 11.9. The molecule has 134 valence electrons. The SMILES string of the molecule is CCOC(=O)C(O)C[C@H](N)Cc1ccc(-c2cc(Cl)ccc2F)cc1. The Hall–Kier alpha value is -1.95. The number of aliphatic hydroxyl groups excluding tert-OH is 1. The molecule has 2 aromatic carbocycles. The number of carbonyl (C=O) groups excluding carboxylic acids is 1. The van der Waals surface area contributed by atoms with Gasteiger partial charge in [-0.1, -0.05) is 35.9 Å². The topological polar surface area (TPSA) is 72.5 Å². The summed E-state index contributed by atoms with van der Waals surface area (Å²) in [7, 11) is 0. The van der Waals surface area contributed by atoms with Gasteiger partial charge in [0.25, 0.3) is 0 Å². The van der Waals surface area contributed by atoms with Crippen molar-refractivity contribution in [1.29, 1.82) is 0 Å². The maximum absolute atomic E-state index is 13.9. The molecule has 0 aliphatic rings. The van der Waals surface area contributed by atoms with Gasteiger partial charge in [0.15, 0.2) is 6.10 Å². The van der Waals surface area contributed by atoms with E-state index in [9.17, 15) is 14.3 Å². The van der Waals surface area contributed by atoms with Gasteiger partial charge >= 0.3 is 5.97 Å². The summed E-state index contributed by atoms with van der Waals surface area (Å²) in [5.41, 5.74) is 8.06. The quantitative estimate of drug-likeness (QED) is 0.738. The number of nitrogens with two attached hydrogens (primary N) is 1. The van der Waals surface area contributed by atoms with Gasteiger partial charge in [0, 0.05) is 16.6 Å². The van der Waals surface area contributed by atoms with Gasteiger partial charge in [-0.05, 0) is 49.1 Å². The van der Waals surface area contributed by atoms with E-state index in [1.54, 1.807) is 25.1 Å². The van der Waals surface area contributed by atoms with Gasteiger partial charge in [-0.25, -0.2) is 9.18 Å². The van der Waals surface area contributed by atoms with Crippen LogP contribution in [0.5, 0.6) is 0 Å². The second kappa shape index (κ2) is 8.94. The van der Waals surface area contributed by atoms with Crippen molar-refractivity contribution < 1.29 is 19.0 Å². The molecule has 0 bridgehead atoms. The van der Waals surface area contributed by atoms with Crippen LogP contribution in [0.4, 0.5) is 4.39 Å². The first kappa shape index (κ1) is 19.4. The summed E-state index contributed by atoms with van der Waals surface area (Å²) in [6, 6.07) is 11.3. The number of hydrogen-bond acceptors (Lipinski definition) is 4. The molecule has 0 amide bonds. The normalized spacial score (nSPS) is 13.3. The summed E-state index contributed by atoms with van der Waals surface area (Å²) in [6.07, 6.45) is -0.632. The summed E-state index contributed by atoms with van der Waals surface area (Å²) >= 11 is 5.92. The van der Waals surface area contributed by atoms with Gasteiger partial charge in [0.05, 0.1) is 6.61 Å². The van der Waals surface area contributed by atoms with E-state index >= 15 is 0 Å². The molecule has 0 heterocycles. The van der Waals surface area contributed by atoms with Crippen LogP contribution in [0.25, 0.3) is 11.1 Å². The lowest BCUT2D eigenvalue weighted by Crippen LogP contribution is -2.33. The van der Waals surface area contributed by atoms with E-state index in [-0.39, 0.29) is 18.8 Å². The molecule has 4 nitrogen and oxygen atoms in total. The zero-order chi connectivity index (χ0) is 18.4. The largest absolute Gasteiger partial charge is 0.464 e. The molecular weight excluding hydrogens is 345 g/mol. The molecule has 0 spiro atoms. The molecule has 0 aliphatic carbocycles. The predicted octanol–water partition coefficient (Wildman–Crippen LogP) is 3.33. The van der Waals surface area contributed by atoms with E-state index in [0.717, 1.165) is 5.56 Å². The van der Waals surface area contributed by atoms with Crippen molar-refractivity contribution in [1.82, 2.24) is 0 Å². The lowest BCUT2D eigenvalue weighted by atomic mass is 9.98. The molecule has 0 saturated carbocycles. The Labute approximate surface area is 151 Å². The van der Waals surface area contributed by atoms with Gasteiger partial charge in [-0.3, -0.25) is 0 Å². The maximum Gasteiger partial charge on any atom is 0.335 e. The van der Waals surface area contributed by atoms with Crippen LogP contribution in [0.3, 0.4) is 0 Å². The predicted molar refractivity (Wildman–Crippen MR) is 95.8 cm³/mol. The number of rotatable bonds is 7. The highest BCUT2D eigenvalue weighted by molar-refractivity contribution is 6.30. The van der Waals surface area contributed by atoms with E-state index < -0.39 is 18.1 Å². The van der Waals surface area contributed by atoms with Crippen LogP contribution in [0.2, 0.25) is 5.02 Å². The van der Waals surface area contributed by atoms with E-state index in [4.69, 9.17) is 22.1 Å². The van der Waals surface area contributed by atoms with E-state index in [2.05, 4.69) is 0 Å². The molecule has 0 saturated heterocycles. The van der Waals surface area contributed by atoms with Gasteiger partial charge in [-0.15, -0.1) is 0 Å². The second-order valence-corrected chi connectivity index (χ2v) is 6.23. The smallest absolute Gasteiger partial charge is 0.335 e. The number of benzene rings is 2. The third kappa shape index (κ3) is 5.53. The molecule has 0 radical (unpaired) electrons. The van der Waals surface area contributed by atoms with Gasteiger partial charge in [0.2, 0.25) is 0 Å². The Bertz CT molecular complexity index is 721. The van der Waals surface area contributed by atoms with Gasteiger partial charge in [0.1, 0.15) is 5.82 Å². The second-order valence-electron chi connectivity index (χ2n) is 5.79. The number of ether oxygens (including phenoxy) is 1. The van der Waals surface area contributed by atoms with E-state index in [1.165, 1.54) is 12.1 Å². The highest BCUT2D eigenvalue weighted by Gasteiger charge is 2.19. The van der Waals surface area contributed by atoms with Crippen molar-refractivity contribution in [3.63, 3.8) is 0 Å². The number of esters is 1. The molecule has 2 rings (SSSR count).